The van der Waals surface area contributed by atoms with E-state index < -0.39 is 5.97 Å². The molecule has 2 N–H and O–H groups in total. The van der Waals surface area contributed by atoms with E-state index in [1.54, 1.807) is 19.1 Å². The van der Waals surface area contributed by atoms with E-state index in [2.05, 4.69) is 4.99 Å². The molecule has 0 aliphatic carbocycles. The Labute approximate surface area is 105 Å². The van der Waals surface area contributed by atoms with Crippen LogP contribution in [0.1, 0.15) is 13.8 Å². The number of aliphatic hydroxyl groups excluding tert-OH is 1. The van der Waals surface area contributed by atoms with Crippen LogP contribution in [0.2, 0.25) is 0 Å². The molecule has 0 saturated heterocycles. The zero-order chi connectivity index (χ0) is 13.5. The predicted octanol–water partition coefficient (Wildman–Crippen LogP) is 2.49. The number of carbonyl (C=O) groups is 1. The highest BCUT2D eigenvalue weighted by atomic mass is 16.5. The molecule has 1 aromatic carbocycles. The molecule has 5 heteroatoms. The second kappa shape index (κ2) is 6.44. The lowest BCUT2D eigenvalue weighted by molar-refractivity contribution is -0.138. The van der Waals surface area contributed by atoms with Crippen LogP contribution in [0.4, 0.5) is 5.69 Å². The number of phenols is 1. The number of phenolic OH excluding ortho intramolecular Hbond substituents is 1. The van der Waals surface area contributed by atoms with Crippen LogP contribution in [0.5, 0.6) is 5.75 Å². The number of rotatable bonds is 4. The lowest BCUT2D eigenvalue weighted by atomic mass is 10.2. The molecule has 0 bridgehead atoms. The standard InChI is InChI=1S/C13H15NO4/c1-3-18-13(17)12(9(2)15)8-14-10-5-4-6-11(16)7-10/h4-8,15-16H,3H2,1-2H3. The van der Waals surface area contributed by atoms with Gasteiger partial charge in [0.1, 0.15) is 17.1 Å². The van der Waals surface area contributed by atoms with Gasteiger partial charge in [0.25, 0.3) is 0 Å². The van der Waals surface area contributed by atoms with Gasteiger partial charge < -0.3 is 14.9 Å². The van der Waals surface area contributed by atoms with E-state index >= 15 is 0 Å². The zero-order valence-electron chi connectivity index (χ0n) is 10.3. The van der Waals surface area contributed by atoms with Crippen molar-refractivity contribution in [2.75, 3.05) is 6.61 Å². The largest absolute Gasteiger partial charge is 0.512 e. The van der Waals surface area contributed by atoms with Gasteiger partial charge >= 0.3 is 5.97 Å². The Morgan fingerprint density at radius 1 is 1.50 bits per heavy atom. The summed E-state index contributed by atoms with van der Waals surface area (Å²) in [5.74, 6) is -0.731. The van der Waals surface area contributed by atoms with Crippen molar-refractivity contribution in [3.8, 4) is 5.75 Å². The van der Waals surface area contributed by atoms with Gasteiger partial charge in [-0.05, 0) is 26.0 Å². The van der Waals surface area contributed by atoms with Crippen molar-refractivity contribution in [1.82, 2.24) is 0 Å². The summed E-state index contributed by atoms with van der Waals surface area (Å²) in [6.45, 7) is 3.27. The minimum atomic E-state index is -0.638. The number of ether oxygens (including phenoxy) is 1. The Bertz CT molecular complexity index is 488. The molecule has 0 aromatic heterocycles. The number of hydrogen-bond donors (Lipinski definition) is 2. The molecule has 0 saturated carbocycles. The normalized spacial score (nSPS) is 12.3. The van der Waals surface area contributed by atoms with Crippen molar-refractivity contribution in [1.29, 1.82) is 0 Å². The molecule has 0 unspecified atom stereocenters. The predicted molar refractivity (Wildman–Crippen MR) is 68.2 cm³/mol. The minimum Gasteiger partial charge on any atom is -0.512 e. The van der Waals surface area contributed by atoms with Crippen LogP contribution in [-0.2, 0) is 9.53 Å². The first kappa shape index (κ1) is 13.8. The van der Waals surface area contributed by atoms with Crippen molar-refractivity contribution in [2.24, 2.45) is 4.99 Å². The summed E-state index contributed by atoms with van der Waals surface area (Å²) in [5.41, 5.74) is 0.457. The van der Waals surface area contributed by atoms with Gasteiger partial charge in [0, 0.05) is 12.3 Å². The average molecular weight is 249 g/mol. The molecule has 0 aliphatic rings. The molecule has 0 atom stereocenters. The SMILES string of the molecule is CCOC(=O)C(C=Nc1cccc(O)c1)=C(C)O. The third kappa shape index (κ3) is 3.93. The van der Waals surface area contributed by atoms with Gasteiger partial charge in [0.15, 0.2) is 0 Å². The molecule has 18 heavy (non-hydrogen) atoms. The maximum atomic E-state index is 11.5. The van der Waals surface area contributed by atoms with Crippen LogP contribution in [0.25, 0.3) is 0 Å². The fourth-order valence-corrected chi connectivity index (χ4v) is 1.22. The van der Waals surface area contributed by atoms with E-state index in [-0.39, 0.29) is 23.7 Å². The van der Waals surface area contributed by atoms with Gasteiger partial charge in [-0.1, -0.05) is 6.07 Å². The summed E-state index contributed by atoms with van der Waals surface area (Å²) < 4.78 is 4.78. The highest BCUT2D eigenvalue weighted by molar-refractivity contribution is 6.10. The fraction of sp³-hybridized carbons (Fsp3) is 0.231. The van der Waals surface area contributed by atoms with E-state index in [4.69, 9.17) is 4.74 Å². The van der Waals surface area contributed by atoms with Gasteiger partial charge in [-0.25, -0.2) is 4.79 Å². The van der Waals surface area contributed by atoms with Gasteiger partial charge in [-0.3, -0.25) is 4.99 Å². The van der Waals surface area contributed by atoms with E-state index in [1.165, 1.54) is 25.3 Å². The molecule has 0 heterocycles. The zero-order valence-corrected chi connectivity index (χ0v) is 10.3. The lowest BCUT2D eigenvalue weighted by Crippen LogP contribution is -2.10. The van der Waals surface area contributed by atoms with Crippen LogP contribution in [0.3, 0.4) is 0 Å². The summed E-state index contributed by atoms with van der Waals surface area (Å²) in [6.07, 6.45) is 1.21. The van der Waals surface area contributed by atoms with Crippen LogP contribution in [-0.4, -0.2) is 29.0 Å². The van der Waals surface area contributed by atoms with E-state index in [1.807, 2.05) is 0 Å². The van der Waals surface area contributed by atoms with Crippen LogP contribution in [0, 0.1) is 0 Å². The van der Waals surface area contributed by atoms with Crippen molar-refractivity contribution in [2.45, 2.75) is 13.8 Å². The summed E-state index contributed by atoms with van der Waals surface area (Å²) in [5, 5.41) is 18.6. The molecule has 5 nitrogen and oxygen atoms in total. The van der Waals surface area contributed by atoms with Crippen LogP contribution in [0.15, 0.2) is 40.6 Å². The van der Waals surface area contributed by atoms with Crippen molar-refractivity contribution >= 4 is 17.9 Å². The maximum absolute atomic E-state index is 11.5. The summed E-state index contributed by atoms with van der Waals surface area (Å²) >= 11 is 0. The highest BCUT2D eigenvalue weighted by Gasteiger charge is 2.11. The summed E-state index contributed by atoms with van der Waals surface area (Å²) in [4.78, 5) is 15.5. The smallest absolute Gasteiger partial charge is 0.343 e. The Morgan fingerprint density at radius 2 is 2.22 bits per heavy atom. The van der Waals surface area contributed by atoms with E-state index in [0.29, 0.717) is 5.69 Å². The van der Waals surface area contributed by atoms with Crippen molar-refractivity contribution in [3.05, 3.63) is 35.6 Å². The first-order chi connectivity index (χ1) is 8.54. The second-order valence-electron chi connectivity index (χ2n) is 3.50. The number of hydrogen-bond acceptors (Lipinski definition) is 5. The fourth-order valence-electron chi connectivity index (χ4n) is 1.22. The number of aromatic hydroxyl groups is 1. The summed E-state index contributed by atoms with van der Waals surface area (Å²) in [7, 11) is 0. The minimum absolute atomic E-state index is 0.0137. The van der Waals surface area contributed by atoms with Gasteiger partial charge in [0.05, 0.1) is 12.3 Å². The van der Waals surface area contributed by atoms with Crippen LogP contribution < -0.4 is 0 Å². The maximum Gasteiger partial charge on any atom is 0.343 e. The molecule has 0 spiro atoms. The molecule has 96 valence electrons. The molecule has 0 radical (unpaired) electrons. The Kier molecular flexibility index (Phi) is 4.92. The number of nitrogens with zero attached hydrogens (tertiary/aromatic N) is 1. The van der Waals surface area contributed by atoms with E-state index in [9.17, 15) is 15.0 Å². The molecular weight excluding hydrogens is 234 g/mol. The monoisotopic (exact) mass is 249 g/mol. The Hall–Kier alpha value is -2.30. The highest BCUT2D eigenvalue weighted by Crippen LogP contribution is 2.18. The van der Waals surface area contributed by atoms with Crippen molar-refractivity contribution in [3.63, 3.8) is 0 Å². The molecule has 0 fully saturated rings. The molecule has 1 rings (SSSR count). The molecule has 1 aromatic rings. The number of benzene rings is 1. The molecule has 0 amide bonds. The van der Waals surface area contributed by atoms with Gasteiger partial charge in [0.2, 0.25) is 0 Å². The first-order valence-electron chi connectivity index (χ1n) is 5.44. The number of aliphatic imine (C=N–C) groups is 1. The quantitative estimate of drug-likeness (QED) is 0.372. The topological polar surface area (TPSA) is 79.1 Å². The third-order valence-corrected chi connectivity index (χ3v) is 2.06. The molecular formula is C13H15NO4. The Morgan fingerprint density at radius 3 is 2.78 bits per heavy atom. The third-order valence-electron chi connectivity index (χ3n) is 2.06. The number of esters is 1. The number of aliphatic hydroxyl groups is 1. The first-order valence-corrected chi connectivity index (χ1v) is 5.44. The summed E-state index contributed by atoms with van der Waals surface area (Å²) in [6, 6.07) is 6.23. The van der Waals surface area contributed by atoms with Crippen molar-refractivity contribution < 1.29 is 19.7 Å². The second-order valence-corrected chi connectivity index (χ2v) is 3.50. The average Bonchev–Trinajstić information content (AvgIpc) is 2.29. The lowest BCUT2D eigenvalue weighted by Gasteiger charge is -2.03. The van der Waals surface area contributed by atoms with Gasteiger partial charge in [-0.15, -0.1) is 0 Å². The van der Waals surface area contributed by atoms with E-state index in [0.717, 1.165) is 0 Å². The number of allylic oxidation sites excluding steroid dienone is 1. The Balaban J connectivity index is 2.92. The van der Waals surface area contributed by atoms with Crippen LogP contribution >= 0.6 is 0 Å². The number of carbonyl (C=O) groups excluding carboxylic acids is 1. The molecule has 0 aliphatic heterocycles. The van der Waals surface area contributed by atoms with Gasteiger partial charge in [-0.2, -0.15) is 0 Å².